The van der Waals surface area contributed by atoms with Crippen molar-refractivity contribution in [2.45, 2.75) is 6.54 Å². The van der Waals surface area contributed by atoms with Crippen molar-refractivity contribution in [3.8, 4) is 5.75 Å². The first-order chi connectivity index (χ1) is 9.67. The molecule has 0 aromatic heterocycles. The average molecular weight is 347 g/mol. The van der Waals surface area contributed by atoms with Gasteiger partial charge in [-0.3, -0.25) is 0 Å². The summed E-state index contributed by atoms with van der Waals surface area (Å²) in [7, 11) is 3.19. The maximum atomic E-state index is 11.1. The smallest absolute Gasteiger partial charge is 0.314 e. The number of hydrogen-bond donors (Lipinski definition) is 2. The van der Waals surface area contributed by atoms with Gasteiger partial charge in [0.05, 0.1) is 17.7 Å². The van der Waals surface area contributed by atoms with Crippen molar-refractivity contribution in [2.75, 3.05) is 34.2 Å². The van der Waals surface area contributed by atoms with Gasteiger partial charge in [-0.05, 0) is 33.6 Å². The van der Waals surface area contributed by atoms with Gasteiger partial charge in [0.1, 0.15) is 5.75 Å². The second-order valence-corrected chi connectivity index (χ2v) is 4.72. The number of halogens is 1. The molecule has 0 atom stereocenters. The van der Waals surface area contributed by atoms with Crippen LogP contribution in [-0.2, 0) is 16.0 Å². The number of rotatable bonds is 8. The molecule has 0 aliphatic carbocycles. The van der Waals surface area contributed by atoms with Crippen LogP contribution in [0.5, 0.6) is 5.75 Å². The zero-order valence-corrected chi connectivity index (χ0v) is 13.2. The fourth-order valence-corrected chi connectivity index (χ4v) is 1.89. The van der Waals surface area contributed by atoms with E-state index in [1.807, 2.05) is 18.2 Å². The SMILES string of the molecule is CNC(=O)NCc1ccc(OCOCCOC)c(Br)c1. The van der Waals surface area contributed by atoms with Gasteiger partial charge in [-0.2, -0.15) is 0 Å². The summed E-state index contributed by atoms with van der Waals surface area (Å²) >= 11 is 3.42. The summed E-state index contributed by atoms with van der Waals surface area (Å²) in [5, 5.41) is 5.20. The molecule has 1 rings (SSSR count). The lowest BCUT2D eigenvalue weighted by Crippen LogP contribution is -2.32. The number of carbonyl (C=O) groups excluding carboxylic acids is 1. The van der Waals surface area contributed by atoms with Crippen molar-refractivity contribution in [2.24, 2.45) is 0 Å². The van der Waals surface area contributed by atoms with Crippen molar-refractivity contribution in [3.63, 3.8) is 0 Å². The average Bonchev–Trinajstić information content (AvgIpc) is 2.46. The molecule has 0 heterocycles. The van der Waals surface area contributed by atoms with Crippen LogP contribution in [0.4, 0.5) is 4.79 Å². The van der Waals surface area contributed by atoms with Crippen LogP contribution in [0, 0.1) is 0 Å². The number of benzene rings is 1. The Kier molecular flexibility index (Phi) is 8.01. The normalized spacial score (nSPS) is 10.2. The Morgan fingerprint density at radius 1 is 1.35 bits per heavy atom. The summed E-state index contributed by atoms with van der Waals surface area (Å²) in [6.45, 7) is 1.64. The number of carbonyl (C=O) groups is 1. The Hall–Kier alpha value is -1.31. The molecular weight excluding hydrogens is 328 g/mol. The molecule has 0 saturated carbocycles. The highest BCUT2D eigenvalue weighted by molar-refractivity contribution is 9.10. The van der Waals surface area contributed by atoms with E-state index < -0.39 is 0 Å². The van der Waals surface area contributed by atoms with Gasteiger partial charge in [-0.1, -0.05) is 6.07 Å². The molecule has 0 bridgehead atoms. The van der Waals surface area contributed by atoms with Gasteiger partial charge in [0.2, 0.25) is 0 Å². The topological polar surface area (TPSA) is 68.8 Å². The van der Waals surface area contributed by atoms with Crippen molar-refractivity contribution in [1.82, 2.24) is 10.6 Å². The molecule has 2 N–H and O–H groups in total. The highest BCUT2D eigenvalue weighted by Crippen LogP contribution is 2.26. The fraction of sp³-hybridized carbons (Fsp3) is 0.462. The summed E-state index contributed by atoms with van der Waals surface area (Å²) in [5.41, 5.74) is 0.966. The number of ether oxygens (including phenoxy) is 3. The fourth-order valence-electron chi connectivity index (χ4n) is 1.35. The molecule has 0 aliphatic rings. The summed E-state index contributed by atoms with van der Waals surface area (Å²) in [5.74, 6) is 0.686. The van der Waals surface area contributed by atoms with E-state index in [0.29, 0.717) is 25.5 Å². The van der Waals surface area contributed by atoms with Crippen LogP contribution in [0.25, 0.3) is 0 Å². The highest BCUT2D eigenvalue weighted by atomic mass is 79.9. The number of methoxy groups -OCH3 is 1. The molecule has 0 unspecified atom stereocenters. The van der Waals surface area contributed by atoms with E-state index in [1.54, 1.807) is 14.2 Å². The molecule has 0 saturated heterocycles. The van der Waals surface area contributed by atoms with Crippen molar-refractivity contribution in [3.05, 3.63) is 28.2 Å². The van der Waals surface area contributed by atoms with Crippen LogP contribution in [0.1, 0.15) is 5.56 Å². The van der Waals surface area contributed by atoms with Gasteiger partial charge in [0, 0.05) is 20.7 Å². The molecular formula is C13H19BrN2O4. The first-order valence-electron chi connectivity index (χ1n) is 6.11. The maximum absolute atomic E-state index is 11.1. The van der Waals surface area contributed by atoms with E-state index in [4.69, 9.17) is 14.2 Å². The predicted octanol–water partition coefficient (Wildman–Crippen LogP) is 1.88. The van der Waals surface area contributed by atoms with Gasteiger partial charge in [-0.25, -0.2) is 4.79 Å². The predicted molar refractivity (Wildman–Crippen MR) is 78.8 cm³/mol. The van der Waals surface area contributed by atoms with Crippen LogP contribution in [0.15, 0.2) is 22.7 Å². The third-order valence-electron chi connectivity index (χ3n) is 2.41. The molecule has 0 aliphatic heterocycles. The Morgan fingerprint density at radius 2 is 2.15 bits per heavy atom. The highest BCUT2D eigenvalue weighted by Gasteiger charge is 2.04. The molecule has 7 heteroatoms. The van der Waals surface area contributed by atoms with Crippen molar-refractivity contribution >= 4 is 22.0 Å². The quantitative estimate of drug-likeness (QED) is 0.557. The maximum Gasteiger partial charge on any atom is 0.314 e. The minimum absolute atomic E-state index is 0.164. The van der Waals surface area contributed by atoms with E-state index in [0.717, 1.165) is 10.0 Å². The van der Waals surface area contributed by atoms with E-state index in [-0.39, 0.29) is 12.8 Å². The summed E-state index contributed by atoms with van der Waals surface area (Å²) in [4.78, 5) is 11.1. The van der Waals surface area contributed by atoms with Gasteiger partial charge >= 0.3 is 6.03 Å². The number of nitrogens with one attached hydrogen (secondary N) is 2. The molecule has 0 fully saturated rings. The summed E-state index contributed by atoms with van der Waals surface area (Å²) in [6, 6.07) is 5.38. The summed E-state index contributed by atoms with van der Waals surface area (Å²) < 4.78 is 16.4. The molecule has 1 aromatic carbocycles. The summed E-state index contributed by atoms with van der Waals surface area (Å²) in [6.07, 6.45) is 0. The minimum Gasteiger partial charge on any atom is -0.466 e. The monoisotopic (exact) mass is 346 g/mol. The Morgan fingerprint density at radius 3 is 2.80 bits per heavy atom. The first kappa shape index (κ1) is 16.7. The van der Waals surface area contributed by atoms with E-state index in [2.05, 4.69) is 26.6 Å². The van der Waals surface area contributed by atoms with E-state index in [9.17, 15) is 4.79 Å². The van der Waals surface area contributed by atoms with Crippen molar-refractivity contribution in [1.29, 1.82) is 0 Å². The lowest BCUT2D eigenvalue weighted by Gasteiger charge is -2.10. The zero-order valence-electron chi connectivity index (χ0n) is 11.6. The van der Waals surface area contributed by atoms with Gasteiger partial charge < -0.3 is 24.8 Å². The molecule has 112 valence electrons. The molecule has 0 spiro atoms. The van der Waals surface area contributed by atoms with Crippen LogP contribution >= 0.6 is 15.9 Å². The standard InChI is InChI=1S/C13H19BrN2O4/c1-15-13(17)16-8-10-3-4-12(11(14)7-10)20-9-19-6-5-18-2/h3-4,7H,5-6,8-9H2,1-2H3,(H2,15,16,17). The second kappa shape index (κ2) is 9.57. The molecule has 6 nitrogen and oxygen atoms in total. The lowest BCUT2D eigenvalue weighted by atomic mass is 10.2. The number of hydrogen-bond acceptors (Lipinski definition) is 4. The van der Waals surface area contributed by atoms with Gasteiger partial charge in [0.25, 0.3) is 0 Å². The third kappa shape index (κ3) is 6.23. The molecule has 1 aromatic rings. The third-order valence-corrected chi connectivity index (χ3v) is 3.03. The Labute approximate surface area is 126 Å². The molecule has 2 amide bonds. The van der Waals surface area contributed by atoms with Gasteiger partial charge in [0.15, 0.2) is 6.79 Å². The van der Waals surface area contributed by atoms with Crippen LogP contribution in [0.2, 0.25) is 0 Å². The van der Waals surface area contributed by atoms with E-state index >= 15 is 0 Å². The Balaban J connectivity index is 2.40. The largest absolute Gasteiger partial charge is 0.466 e. The number of urea groups is 1. The second-order valence-electron chi connectivity index (χ2n) is 3.86. The molecule has 0 radical (unpaired) electrons. The van der Waals surface area contributed by atoms with Gasteiger partial charge in [-0.15, -0.1) is 0 Å². The Bertz CT molecular complexity index is 429. The van der Waals surface area contributed by atoms with Crippen LogP contribution in [0.3, 0.4) is 0 Å². The van der Waals surface area contributed by atoms with Crippen LogP contribution in [-0.4, -0.2) is 40.2 Å². The minimum atomic E-state index is -0.215. The lowest BCUT2D eigenvalue weighted by molar-refractivity contribution is -0.00880. The molecule has 20 heavy (non-hydrogen) atoms. The number of amides is 2. The first-order valence-corrected chi connectivity index (χ1v) is 6.90. The zero-order chi connectivity index (χ0) is 14.8. The van der Waals surface area contributed by atoms with Crippen molar-refractivity contribution < 1.29 is 19.0 Å². The van der Waals surface area contributed by atoms with Crippen LogP contribution < -0.4 is 15.4 Å². The van der Waals surface area contributed by atoms with E-state index in [1.165, 1.54) is 0 Å².